The smallest absolute Gasteiger partial charge is 0.323 e. The molecule has 0 aromatic carbocycles. The van der Waals surface area contributed by atoms with Crippen molar-refractivity contribution in [3.8, 4) is 6.01 Å². The summed E-state index contributed by atoms with van der Waals surface area (Å²) in [7, 11) is 0. The van der Waals surface area contributed by atoms with Crippen molar-refractivity contribution in [1.29, 1.82) is 0 Å². The molecule has 0 aliphatic heterocycles. The first kappa shape index (κ1) is 16.4. The predicted molar refractivity (Wildman–Crippen MR) is 79.7 cm³/mol. The van der Waals surface area contributed by atoms with Gasteiger partial charge < -0.3 is 15.0 Å². The largest absolute Gasteiger partial charge is 0.463 e. The van der Waals surface area contributed by atoms with E-state index < -0.39 is 0 Å². The Labute approximate surface area is 120 Å². The number of nitrogens with one attached hydrogen (secondary N) is 2. The van der Waals surface area contributed by atoms with Crippen LogP contribution in [0.15, 0.2) is 0 Å². The standard InChI is InChI=1S/C12H25N7O/c1-4-9-20-12-16-10(15-11(17-12)18-13)14-7-8-19(5-2)6-3/h4-9,13H2,1-3H3,(H2,14,15,16,17,18). The van der Waals surface area contributed by atoms with Gasteiger partial charge in [0.1, 0.15) is 0 Å². The van der Waals surface area contributed by atoms with Crippen LogP contribution in [0.25, 0.3) is 0 Å². The Morgan fingerprint density at radius 3 is 2.40 bits per heavy atom. The molecule has 0 amide bonds. The van der Waals surface area contributed by atoms with Crippen molar-refractivity contribution in [2.75, 3.05) is 43.5 Å². The van der Waals surface area contributed by atoms with Crippen LogP contribution in [0.1, 0.15) is 27.2 Å². The van der Waals surface area contributed by atoms with E-state index in [-0.39, 0.29) is 12.0 Å². The molecule has 0 saturated heterocycles. The second kappa shape index (κ2) is 9.27. The maximum absolute atomic E-state index is 5.40. The Hall–Kier alpha value is -1.67. The highest BCUT2D eigenvalue weighted by molar-refractivity contribution is 5.34. The lowest BCUT2D eigenvalue weighted by atomic mass is 10.4. The molecule has 0 radical (unpaired) electrons. The van der Waals surface area contributed by atoms with Crippen LogP contribution >= 0.6 is 0 Å². The highest BCUT2D eigenvalue weighted by Crippen LogP contribution is 2.10. The van der Waals surface area contributed by atoms with Gasteiger partial charge in [-0.3, -0.25) is 5.43 Å². The third kappa shape index (κ3) is 5.54. The van der Waals surface area contributed by atoms with Gasteiger partial charge >= 0.3 is 6.01 Å². The van der Waals surface area contributed by atoms with Gasteiger partial charge in [-0.05, 0) is 19.5 Å². The molecule has 8 heteroatoms. The van der Waals surface area contributed by atoms with Crippen LogP contribution in [-0.2, 0) is 0 Å². The average molecular weight is 283 g/mol. The van der Waals surface area contributed by atoms with E-state index >= 15 is 0 Å². The topological polar surface area (TPSA) is 101 Å². The van der Waals surface area contributed by atoms with Crippen molar-refractivity contribution >= 4 is 11.9 Å². The van der Waals surface area contributed by atoms with Gasteiger partial charge in [-0.15, -0.1) is 0 Å². The van der Waals surface area contributed by atoms with Crippen molar-refractivity contribution in [2.24, 2.45) is 5.84 Å². The van der Waals surface area contributed by atoms with Crippen molar-refractivity contribution in [2.45, 2.75) is 27.2 Å². The van der Waals surface area contributed by atoms with Crippen LogP contribution in [-0.4, -0.2) is 52.6 Å². The molecule has 114 valence electrons. The second-order valence-corrected chi connectivity index (χ2v) is 4.21. The van der Waals surface area contributed by atoms with E-state index in [4.69, 9.17) is 10.6 Å². The van der Waals surface area contributed by atoms with E-state index in [0.29, 0.717) is 12.6 Å². The summed E-state index contributed by atoms with van der Waals surface area (Å²) in [6.07, 6.45) is 0.891. The summed E-state index contributed by atoms with van der Waals surface area (Å²) < 4.78 is 5.40. The summed E-state index contributed by atoms with van der Waals surface area (Å²) >= 11 is 0. The Kier molecular flexibility index (Phi) is 7.59. The number of hydrogen-bond donors (Lipinski definition) is 3. The molecule has 0 saturated carbocycles. The molecule has 1 aromatic heterocycles. The molecular weight excluding hydrogens is 258 g/mol. The molecule has 4 N–H and O–H groups in total. The van der Waals surface area contributed by atoms with Gasteiger partial charge in [-0.1, -0.05) is 20.8 Å². The summed E-state index contributed by atoms with van der Waals surface area (Å²) in [5.41, 5.74) is 2.41. The first-order chi connectivity index (χ1) is 9.73. The van der Waals surface area contributed by atoms with Crippen molar-refractivity contribution in [3.63, 3.8) is 0 Å². The summed E-state index contributed by atoms with van der Waals surface area (Å²) in [5, 5.41) is 3.16. The quantitative estimate of drug-likeness (QED) is 0.426. The number of likely N-dealkylation sites (N-methyl/N-ethyl adjacent to an activating group) is 1. The summed E-state index contributed by atoms with van der Waals surface area (Å²) in [6.45, 7) is 10.6. The van der Waals surface area contributed by atoms with Gasteiger partial charge in [0.05, 0.1) is 6.61 Å². The molecule has 0 fully saturated rings. The van der Waals surface area contributed by atoms with Crippen molar-refractivity contribution in [1.82, 2.24) is 19.9 Å². The minimum absolute atomic E-state index is 0.278. The Morgan fingerprint density at radius 1 is 1.10 bits per heavy atom. The second-order valence-electron chi connectivity index (χ2n) is 4.21. The molecular formula is C12H25N7O. The zero-order valence-electron chi connectivity index (χ0n) is 12.5. The SMILES string of the molecule is CCCOc1nc(NN)nc(NCCN(CC)CC)n1. The minimum atomic E-state index is 0.278. The Balaban J connectivity index is 2.59. The lowest BCUT2D eigenvalue weighted by Gasteiger charge is -2.18. The van der Waals surface area contributed by atoms with Crippen LogP contribution in [0.3, 0.4) is 0 Å². The lowest BCUT2D eigenvalue weighted by molar-refractivity contribution is 0.292. The molecule has 0 aliphatic rings. The van der Waals surface area contributed by atoms with Crippen LogP contribution < -0.4 is 21.3 Å². The highest BCUT2D eigenvalue weighted by Gasteiger charge is 2.07. The van der Waals surface area contributed by atoms with Gasteiger partial charge in [0.25, 0.3) is 0 Å². The first-order valence-corrected chi connectivity index (χ1v) is 7.05. The monoisotopic (exact) mass is 283 g/mol. The normalized spacial score (nSPS) is 10.7. The fraction of sp³-hybridized carbons (Fsp3) is 0.750. The maximum atomic E-state index is 5.40. The fourth-order valence-electron chi connectivity index (χ4n) is 1.62. The number of aromatic nitrogens is 3. The number of nitrogens with two attached hydrogens (primary N) is 1. The van der Waals surface area contributed by atoms with Crippen LogP contribution in [0.4, 0.5) is 11.9 Å². The number of rotatable bonds is 10. The molecule has 1 rings (SSSR count). The molecule has 1 aromatic rings. The van der Waals surface area contributed by atoms with E-state index in [1.165, 1.54) is 0 Å². The zero-order valence-corrected chi connectivity index (χ0v) is 12.5. The van der Waals surface area contributed by atoms with Gasteiger partial charge in [0.2, 0.25) is 11.9 Å². The molecule has 0 aliphatic carbocycles. The molecule has 8 nitrogen and oxygen atoms in total. The third-order valence-electron chi connectivity index (χ3n) is 2.78. The average Bonchev–Trinajstić information content (AvgIpc) is 2.49. The summed E-state index contributed by atoms with van der Waals surface area (Å²) in [5.74, 6) is 6.09. The summed E-state index contributed by atoms with van der Waals surface area (Å²) in [4.78, 5) is 14.7. The molecule has 20 heavy (non-hydrogen) atoms. The number of nitrogen functional groups attached to an aromatic ring is 1. The first-order valence-electron chi connectivity index (χ1n) is 7.05. The van der Waals surface area contributed by atoms with Gasteiger partial charge in [0, 0.05) is 13.1 Å². The van der Waals surface area contributed by atoms with Crippen molar-refractivity contribution < 1.29 is 4.74 Å². The molecule has 0 bridgehead atoms. The number of hydrazine groups is 1. The van der Waals surface area contributed by atoms with Crippen LogP contribution in [0, 0.1) is 0 Å². The van der Waals surface area contributed by atoms with Gasteiger partial charge in [0.15, 0.2) is 0 Å². The lowest BCUT2D eigenvalue weighted by Crippen LogP contribution is -2.29. The van der Waals surface area contributed by atoms with E-state index in [9.17, 15) is 0 Å². The van der Waals surface area contributed by atoms with E-state index in [0.717, 1.165) is 32.6 Å². The fourth-order valence-corrected chi connectivity index (χ4v) is 1.62. The third-order valence-corrected chi connectivity index (χ3v) is 2.78. The number of nitrogens with zero attached hydrogens (tertiary/aromatic N) is 4. The van der Waals surface area contributed by atoms with Crippen LogP contribution in [0.2, 0.25) is 0 Å². The molecule has 0 spiro atoms. The van der Waals surface area contributed by atoms with E-state index in [1.54, 1.807) is 0 Å². The molecule has 1 heterocycles. The molecule has 0 unspecified atom stereocenters. The van der Waals surface area contributed by atoms with Crippen LogP contribution in [0.5, 0.6) is 6.01 Å². The Morgan fingerprint density at radius 2 is 1.80 bits per heavy atom. The van der Waals surface area contributed by atoms with Gasteiger partial charge in [-0.2, -0.15) is 15.0 Å². The predicted octanol–water partition coefficient (Wildman–Crippen LogP) is 0.700. The van der Waals surface area contributed by atoms with Crippen molar-refractivity contribution in [3.05, 3.63) is 0 Å². The maximum Gasteiger partial charge on any atom is 0.323 e. The van der Waals surface area contributed by atoms with E-state index in [1.807, 2.05) is 6.92 Å². The zero-order chi connectivity index (χ0) is 14.8. The van der Waals surface area contributed by atoms with Gasteiger partial charge in [-0.25, -0.2) is 5.84 Å². The minimum Gasteiger partial charge on any atom is -0.463 e. The Bertz CT molecular complexity index is 384. The highest BCUT2D eigenvalue weighted by atomic mass is 16.5. The number of hydrogen-bond acceptors (Lipinski definition) is 8. The summed E-state index contributed by atoms with van der Waals surface area (Å²) in [6, 6.07) is 0.278. The number of anilines is 2. The number of ether oxygens (including phenoxy) is 1. The molecule has 0 atom stereocenters. The van der Waals surface area contributed by atoms with E-state index in [2.05, 4.69) is 44.4 Å².